The summed E-state index contributed by atoms with van der Waals surface area (Å²) < 4.78 is 19.0. The van der Waals surface area contributed by atoms with Crippen LogP contribution in [0.4, 0.5) is 0 Å². The predicted octanol–water partition coefficient (Wildman–Crippen LogP) is 7.72. The second-order valence-electron chi connectivity index (χ2n) is 11.3. The van der Waals surface area contributed by atoms with Gasteiger partial charge in [0.25, 0.3) is 0 Å². The van der Waals surface area contributed by atoms with Gasteiger partial charge in [-0.15, -0.1) is 0 Å². The second kappa shape index (κ2) is 9.52. The monoisotopic (exact) mass is 559 g/mol. The molecule has 0 spiro atoms. The minimum absolute atomic E-state index is 0.439. The lowest BCUT2D eigenvalue weighted by Crippen LogP contribution is -2.41. The summed E-state index contributed by atoms with van der Waals surface area (Å²) in [6.45, 7) is 8.22. The van der Waals surface area contributed by atoms with Crippen LogP contribution in [0.1, 0.15) is 27.7 Å². The summed E-state index contributed by atoms with van der Waals surface area (Å²) in [7, 11) is -0.488. The van der Waals surface area contributed by atoms with Gasteiger partial charge in [-0.3, -0.25) is 0 Å². The number of nitrogens with zero attached hydrogens (tertiary/aromatic N) is 3. The van der Waals surface area contributed by atoms with Gasteiger partial charge < -0.3 is 13.7 Å². The third kappa shape index (κ3) is 4.51. The Morgan fingerprint density at radius 2 is 1.29 bits per heavy atom. The zero-order valence-corrected chi connectivity index (χ0v) is 23.9. The van der Waals surface area contributed by atoms with Gasteiger partial charge in [0.1, 0.15) is 11.2 Å². The van der Waals surface area contributed by atoms with Gasteiger partial charge >= 0.3 is 7.12 Å². The SMILES string of the molecule is CC1(C)OB(c2ccc3oc4cccc(-c5nc(-c6ccccc6)nc(-c6cccc(Cl)c6)n5)c4c3c2)OC1(C)C. The van der Waals surface area contributed by atoms with Crippen LogP contribution in [-0.4, -0.2) is 33.3 Å². The van der Waals surface area contributed by atoms with Gasteiger partial charge in [0.2, 0.25) is 0 Å². The van der Waals surface area contributed by atoms with Gasteiger partial charge in [-0.05, 0) is 57.4 Å². The number of benzene rings is 4. The van der Waals surface area contributed by atoms with Crippen molar-refractivity contribution >= 4 is 46.1 Å². The average molecular weight is 560 g/mol. The highest BCUT2D eigenvalue weighted by atomic mass is 35.5. The lowest BCUT2D eigenvalue weighted by Gasteiger charge is -2.32. The first-order valence-electron chi connectivity index (χ1n) is 13.6. The molecule has 1 saturated heterocycles. The van der Waals surface area contributed by atoms with Gasteiger partial charge in [0.05, 0.1) is 11.2 Å². The summed E-state index contributed by atoms with van der Waals surface area (Å²) in [5.41, 5.74) is 4.10. The molecule has 202 valence electrons. The fourth-order valence-electron chi connectivity index (χ4n) is 5.13. The van der Waals surface area contributed by atoms with E-state index in [2.05, 4.69) is 33.8 Å². The summed E-state index contributed by atoms with van der Waals surface area (Å²) in [5.74, 6) is 1.66. The van der Waals surface area contributed by atoms with E-state index in [9.17, 15) is 0 Å². The Bertz CT molecular complexity index is 1920. The number of fused-ring (bicyclic) bond motifs is 3. The topological polar surface area (TPSA) is 70.3 Å². The quantitative estimate of drug-likeness (QED) is 0.206. The molecule has 2 aromatic heterocycles. The zero-order valence-electron chi connectivity index (χ0n) is 23.2. The molecule has 0 aliphatic carbocycles. The van der Waals surface area contributed by atoms with Crippen LogP contribution in [-0.2, 0) is 9.31 Å². The van der Waals surface area contributed by atoms with E-state index in [-0.39, 0.29) is 0 Å². The van der Waals surface area contributed by atoms with E-state index in [1.165, 1.54) is 0 Å². The third-order valence-corrected chi connectivity index (χ3v) is 8.27. The highest BCUT2D eigenvalue weighted by Crippen LogP contribution is 2.39. The molecule has 6 aromatic rings. The number of hydrogen-bond donors (Lipinski definition) is 0. The lowest BCUT2D eigenvalue weighted by atomic mass is 9.78. The first-order valence-corrected chi connectivity index (χ1v) is 13.9. The van der Waals surface area contributed by atoms with Gasteiger partial charge in [-0.2, -0.15) is 0 Å². The molecule has 1 fully saturated rings. The van der Waals surface area contributed by atoms with E-state index in [0.29, 0.717) is 22.5 Å². The van der Waals surface area contributed by atoms with E-state index >= 15 is 0 Å². The highest BCUT2D eigenvalue weighted by molar-refractivity contribution is 6.62. The number of halogens is 1. The molecule has 4 aromatic carbocycles. The molecule has 1 aliphatic rings. The van der Waals surface area contributed by atoms with Crippen molar-refractivity contribution in [2.24, 2.45) is 0 Å². The molecule has 6 nitrogen and oxygen atoms in total. The smallest absolute Gasteiger partial charge is 0.456 e. The first kappa shape index (κ1) is 25.9. The Hall–Kier alpha value is -4.04. The van der Waals surface area contributed by atoms with E-state index < -0.39 is 18.3 Å². The van der Waals surface area contributed by atoms with Crippen molar-refractivity contribution in [2.45, 2.75) is 38.9 Å². The van der Waals surface area contributed by atoms with Crippen LogP contribution in [0.15, 0.2) is 95.4 Å². The Morgan fingerprint density at radius 3 is 2.02 bits per heavy atom. The number of aromatic nitrogens is 3. The van der Waals surface area contributed by atoms with Gasteiger partial charge in [0.15, 0.2) is 17.5 Å². The summed E-state index contributed by atoms with van der Waals surface area (Å²) in [5, 5.41) is 2.47. The molecule has 1 aliphatic heterocycles. The van der Waals surface area contributed by atoms with Crippen LogP contribution in [0.5, 0.6) is 0 Å². The molecule has 0 atom stereocenters. The highest BCUT2D eigenvalue weighted by Gasteiger charge is 2.51. The van der Waals surface area contributed by atoms with Crippen LogP contribution >= 0.6 is 11.6 Å². The van der Waals surface area contributed by atoms with Crippen molar-refractivity contribution in [2.75, 3.05) is 0 Å². The van der Waals surface area contributed by atoms with E-state index in [1.807, 2.05) is 84.9 Å². The minimum atomic E-state index is -0.488. The van der Waals surface area contributed by atoms with Crippen LogP contribution in [0.2, 0.25) is 5.02 Å². The van der Waals surface area contributed by atoms with Crippen molar-refractivity contribution in [1.29, 1.82) is 0 Å². The maximum Gasteiger partial charge on any atom is 0.494 e. The molecule has 0 N–H and O–H groups in total. The van der Waals surface area contributed by atoms with Crippen molar-refractivity contribution in [3.8, 4) is 34.2 Å². The van der Waals surface area contributed by atoms with Crippen molar-refractivity contribution in [3.63, 3.8) is 0 Å². The van der Waals surface area contributed by atoms with Crippen LogP contribution in [0.25, 0.3) is 56.1 Å². The van der Waals surface area contributed by atoms with Gasteiger partial charge in [0, 0.05) is 32.5 Å². The zero-order chi connectivity index (χ0) is 28.4. The number of furan rings is 1. The molecule has 41 heavy (non-hydrogen) atoms. The molecule has 0 radical (unpaired) electrons. The number of hydrogen-bond acceptors (Lipinski definition) is 6. The largest absolute Gasteiger partial charge is 0.494 e. The van der Waals surface area contributed by atoms with Crippen molar-refractivity contribution in [3.05, 3.63) is 96.0 Å². The van der Waals surface area contributed by atoms with Crippen LogP contribution < -0.4 is 5.46 Å². The third-order valence-electron chi connectivity index (χ3n) is 8.04. The lowest BCUT2D eigenvalue weighted by molar-refractivity contribution is 0.00578. The van der Waals surface area contributed by atoms with Crippen LogP contribution in [0, 0.1) is 0 Å². The molecule has 0 bridgehead atoms. The Kier molecular flexibility index (Phi) is 6.01. The standard InChI is InChI=1S/C33H27BClN3O3/c1-32(2)33(3,4)41-34(40-32)22-16-17-26-25(19-22)28-24(14-9-15-27(28)39-26)31-37-29(20-10-6-5-7-11-20)36-30(38-31)21-12-8-13-23(35)18-21/h5-19H,1-4H3. The maximum atomic E-state index is 6.35. The van der Waals surface area contributed by atoms with Gasteiger partial charge in [-0.1, -0.05) is 78.3 Å². The molecule has 0 amide bonds. The molecule has 7 rings (SSSR count). The van der Waals surface area contributed by atoms with Crippen molar-refractivity contribution in [1.82, 2.24) is 15.0 Å². The molecule has 8 heteroatoms. The summed E-state index contributed by atoms with van der Waals surface area (Å²) in [4.78, 5) is 14.7. The molecular formula is C33H27BClN3O3. The van der Waals surface area contributed by atoms with Gasteiger partial charge in [-0.25, -0.2) is 15.0 Å². The average Bonchev–Trinajstić information content (AvgIpc) is 3.45. The molecule has 3 heterocycles. The minimum Gasteiger partial charge on any atom is -0.456 e. The Labute approximate surface area is 243 Å². The Morgan fingerprint density at radius 1 is 0.634 bits per heavy atom. The van der Waals surface area contributed by atoms with E-state index in [4.69, 9.17) is 40.3 Å². The summed E-state index contributed by atoms with van der Waals surface area (Å²) >= 11 is 6.34. The van der Waals surface area contributed by atoms with Crippen LogP contribution in [0.3, 0.4) is 0 Å². The fourth-order valence-corrected chi connectivity index (χ4v) is 5.32. The normalized spacial score (nSPS) is 16.1. The first-order chi connectivity index (χ1) is 19.7. The maximum absolute atomic E-state index is 6.35. The van der Waals surface area contributed by atoms with E-state index in [0.717, 1.165) is 44.1 Å². The van der Waals surface area contributed by atoms with Crippen molar-refractivity contribution < 1.29 is 13.7 Å². The Balaban J connectivity index is 1.43. The molecule has 0 saturated carbocycles. The number of rotatable bonds is 4. The van der Waals surface area contributed by atoms with E-state index in [1.54, 1.807) is 0 Å². The predicted molar refractivity (Wildman–Crippen MR) is 164 cm³/mol. The molecule has 0 unspecified atom stereocenters. The summed E-state index contributed by atoms with van der Waals surface area (Å²) in [6, 6.07) is 29.4. The molecular weight excluding hydrogens is 533 g/mol. The fraction of sp³-hybridized carbons (Fsp3) is 0.182. The summed E-state index contributed by atoms with van der Waals surface area (Å²) in [6.07, 6.45) is 0. The second-order valence-corrected chi connectivity index (χ2v) is 11.7.